The number of hydrogen-bond donors (Lipinski definition) is 2. The average Bonchev–Trinajstić information content (AvgIpc) is 3.17. The van der Waals surface area contributed by atoms with Crippen LogP contribution in [0.5, 0.6) is 0 Å². The van der Waals surface area contributed by atoms with Crippen LogP contribution >= 0.6 is 0 Å². The summed E-state index contributed by atoms with van der Waals surface area (Å²) >= 11 is 0. The Bertz CT molecular complexity index is 731. The molecule has 0 aromatic carbocycles. The van der Waals surface area contributed by atoms with Gasteiger partial charge in [0.05, 0.1) is 17.8 Å². The summed E-state index contributed by atoms with van der Waals surface area (Å²) in [5, 5.41) is 20.9. The monoisotopic (exact) mass is 458 g/mol. The van der Waals surface area contributed by atoms with E-state index in [2.05, 4.69) is 53.3 Å². The molecular formula is C30H50O3. The van der Waals surface area contributed by atoms with Crippen LogP contribution < -0.4 is 0 Å². The minimum Gasteiger partial charge on any atom is -0.390 e. The predicted octanol–water partition coefficient (Wildman–Crippen LogP) is 7.14. The van der Waals surface area contributed by atoms with Crippen LogP contribution in [0, 0.1) is 23.2 Å². The molecule has 3 fully saturated rings. The number of allylic oxidation sites excluding steroid dienone is 3. The van der Waals surface area contributed by atoms with Gasteiger partial charge in [-0.3, -0.25) is 0 Å². The maximum atomic E-state index is 10.5. The number of hydrogen-bond acceptors (Lipinski definition) is 3. The highest BCUT2D eigenvalue weighted by Crippen LogP contribution is 2.58. The third kappa shape index (κ3) is 5.85. The molecule has 2 N–H and O–H groups in total. The molecule has 3 nitrogen and oxygen atoms in total. The maximum Gasteiger partial charge on any atom is 0.0812 e. The Kier molecular flexibility index (Phi) is 9.08. The summed E-state index contributed by atoms with van der Waals surface area (Å²) in [4.78, 5) is 0. The van der Waals surface area contributed by atoms with Crippen molar-refractivity contribution in [3.63, 3.8) is 0 Å². The van der Waals surface area contributed by atoms with Crippen LogP contribution in [0.15, 0.2) is 35.5 Å². The molecule has 3 aliphatic carbocycles. The molecule has 0 amide bonds. The number of ether oxygens (including phenoxy) is 1. The molecule has 3 aliphatic rings. The second-order valence-corrected chi connectivity index (χ2v) is 11.6. The van der Waals surface area contributed by atoms with Gasteiger partial charge >= 0.3 is 0 Å². The minimum absolute atomic E-state index is 0.267. The van der Waals surface area contributed by atoms with Crippen LogP contribution in [-0.2, 0) is 4.74 Å². The van der Waals surface area contributed by atoms with Crippen molar-refractivity contribution in [2.24, 2.45) is 23.2 Å². The van der Waals surface area contributed by atoms with Gasteiger partial charge in [0.15, 0.2) is 0 Å². The molecule has 0 aromatic heterocycles. The molecule has 0 spiro atoms. The number of aliphatic hydroxyl groups is 2. The van der Waals surface area contributed by atoms with Gasteiger partial charge in [-0.2, -0.15) is 0 Å². The Morgan fingerprint density at radius 3 is 2.61 bits per heavy atom. The van der Waals surface area contributed by atoms with E-state index in [9.17, 15) is 10.2 Å². The average molecular weight is 459 g/mol. The summed E-state index contributed by atoms with van der Waals surface area (Å²) in [7, 11) is 0. The summed E-state index contributed by atoms with van der Waals surface area (Å²) in [6.45, 7) is 16.0. The van der Waals surface area contributed by atoms with Crippen molar-refractivity contribution in [1.29, 1.82) is 0 Å². The van der Waals surface area contributed by atoms with Gasteiger partial charge < -0.3 is 14.9 Å². The number of rotatable bonds is 9. The quantitative estimate of drug-likeness (QED) is 0.361. The Morgan fingerprint density at radius 2 is 1.91 bits per heavy atom. The Hall–Kier alpha value is -0.900. The molecule has 0 saturated heterocycles. The van der Waals surface area contributed by atoms with Gasteiger partial charge in [0.1, 0.15) is 0 Å². The fraction of sp³-hybridized carbons (Fsp3) is 0.800. The zero-order chi connectivity index (χ0) is 24.2. The first kappa shape index (κ1) is 26.7. The molecule has 6 atom stereocenters. The van der Waals surface area contributed by atoms with Gasteiger partial charge in [-0.15, -0.1) is 0 Å². The Morgan fingerprint density at radius 1 is 1.18 bits per heavy atom. The number of fused-ring (bicyclic) bond motifs is 1. The van der Waals surface area contributed by atoms with Gasteiger partial charge in [0.2, 0.25) is 0 Å². The lowest BCUT2D eigenvalue weighted by atomic mass is 9.62. The van der Waals surface area contributed by atoms with Crippen LogP contribution in [0.2, 0.25) is 0 Å². The standard InChI is InChI=1S/C30H50O3/c1-7-30(32,8-2)19-10-20-33-23(5)26-16-17-27-25(11-9-18-29(26,27)6)15-14-24-13-12-21(3)28(31)22(24)4/h14-15,21,23,26-28,31-32H,4,7-13,16-20H2,1-3,5-6H3/b24-14-,25-15+/t21?,23-,26?,27?,28?,29?/m1/s1. The van der Waals surface area contributed by atoms with E-state index >= 15 is 0 Å². The second-order valence-electron chi connectivity index (χ2n) is 11.6. The summed E-state index contributed by atoms with van der Waals surface area (Å²) in [6, 6.07) is 0. The molecule has 0 bridgehead atoms. The van der Waals surface area contributed by atoms with Crippen molar-refractivity contribution in [3.05, 3.63) is 35.5 Å². The van der Waals surface area contributed by atoms with Crippen LogP contribution in [0.3, 0.4) is 0 Å². The lowest BCUT2D eigenvalue weighted by Gasteiger charge is -2.44. The van der Waals surface area contributed by atoms with Crippen LogP contribution in [-0.4, -0.2) is 34.6 Å². The van der Waals surface area contributed by atoms with E-state index in [0.717, 1.165) is 50.7 Å². The van der Waals surface area contributed by atoms with Gasteiger partial charge in [-0.25, -0.2) is 0 Å². The van der Waals surface area contributed by atoms with Gasteiger partial charge in [-0.05, 0) is 112 Å². The lowest BCUT2D eigenvalue weighted by molar-refractivity contribution is -0.0365. The first-order valence-corrected chi connectivity index (χ1v) is 13.8. The Labute approximate surface area is 203 Å². The summed E-state index contributed by atoms with van der Waals surface area (Å²) < 4.78 is 6.37. The molecule has 3 rings (SSSR count). The van der Waals surface area contributed by atoms with Crippen molar-refractivity contribution in [2.45, 2.75) is 123 Å². The third-order valence-electron chi connectivity index (χ3n) is 9.76. The van der Waals surface area contributed by atoms with Crippen molar-refractivity contribution in [1.82, 2.24) is 0 Å². The molecule has 33 heavy (non-hydrogen) atoms. The fourth-order valence-electron chi connectivity index (χ4n) is 7.07. The molecule has 0 radical (unpaired) electrons. The molecule has 188 valence electrons. The van der Waals surface area contributed by atoms with Crippen LogP contribution in [0.1, 0.15) is 105 Å². The molecule has 0 aliphatic heterocycles. The molecule has 0 heterocycles. The highest BCUT2D eigenvalue weighted by molar-refractivity contribution is 5.38. The SMILES string of the molecule is C=C1/C(=C\C=C2/CCCC3(C)C2CCC3[C@@H](C)OCCCC(O)(CC)CC)CCC(C)C1O. The van der Waals surface area contributed by atoms with E-state index in [4.69, 9.17) is 4.74 Å². The van der Waals surface area contributed by atoms with E-state index < -0.39 is 5.60 Å². The number of aliphatic hydroxyl groups excluding tert-OH is 1. The van der Waals surface area contributed by atoms with Crippen molar-refractivity contribution in [3.8, 4) is 0 Å². The molecule has 3 heteroatoms. The van der Waals surface area contributed by atoms with Crippen LogP contribution in [0.4, 0.5) is 0 Å². The van der Waals surface area contributed by atoms with Crippen molar-refractivity contribution >= 4 is 0 Å². The van der Waals surface area contributed by atoms with E-state index in [0.29, 0.717) is 23.2 Å². The fourth-order valence-corrected chi connectivity index (χ4v) is 7.07. The summed E-state index contributed by atoms with van der Waals surface area (Å²) in [5.74, 6) is 1.56. The zero-order valence-electron chi connectivity index (χ0n) is 22.0. The smallest absolute Gasteiger partial charge is 0.0812 e. The van der Waals surface area contributed by atoms with Crippen LogP contribution in [0.25, 0.3) is 0 Å². The Balaban J connectivity index is 1.61. The molecular weight excluding hydrogens is 408 g/mol. The minimum atomic E-state index is -0.521. The van der Waals surface area contributed by atoms with E-state index in [1.165, 1.54) is 37.7 Å². The van der Waals surface area contributed by atoms with Crippen molar-refractivity contribution in [2.75, 3.05) is 6.61 Å². The zero-order valence-corrected chi connectivity index (χ0v) is 22.0. The highest BCUT2D eigenvalue weighted by atomic mass is 16.5. The topological polar surface area (TPSA) is 49.7 Å². The largest absolute Gasteiger partial charge is 0.390 e. The third-order valence-corrected chi connectivity index (χ3v) is 9.76. The highest BCUT2D eigenvalue weighted by Gasteiger charge is 2.51. The summed E-state index contributed by atoms with van der Waals surface area (Å²) in [5.41, 5.74) is 3.56. The summed E-state index contributed by atoms with van der Waals surface area (Å²) in [6.07, 6.45) is 16.3. The first-order valence-electron chi connectivity index (χ1n) is 13.8. The first-order chi connectivity index (χ1) is 15.6. The van der Waals surface area contributed by atoms with Gasteiger partial charge in [0.25, 0.3) is 0 Å². The van der Waals surface area contributed by atoms with Gasteiger partial charge in [-0.1, -0.05) is 52.0 Å². The van der Waals surface area contributed by atoms with E-state index in [-0.39, 0.29) is 12.2 Å². The lowest BCUT2D eigenvalue weighted by Crippen LogP contribution is -2.39. The molecule has 3 saturated carbocycles. The van der Waals surface area contributed by atoms with E-state index in [1.54, 1.807) is 5.57 Å². The molecule has 5 unspecified atom stereocenters. The van der Waals surface area contributed by atoms with E-state index in [1.807, 2.05) is 0 Å². The predicted molar refractivity (Wildman–Crippen MR) is 138 cm³/mol. The van der Waals surface area contributed by atoms with Gasteiger partial charge in [0, 0.05) is 6.61 Å². The second kappa shape index (κ2) is 11.2. The normalized spacial score (nSPS) is 36.4. The molecule has 0 aromatic rings. The van der Waals surface area contributed by atoms with Crippen molar-refractivity contribution < 1.29 is 14.9 Å². The maximum absolute atomic E-state index is 10.5.